The van der Waals surface area contributed by atoms with E-state index in [-0.39, 0.29) is 12.4 Å². The van der Waals surface area contributed by atoms with Crippen molar-refractivity contribution in [3.8, 4) is 5.75 Å². The minimum absolute atomic E-state index is 0.226. The highest BCUT2D eigenvalue weighted by atomic mass is 127. The van der Waals surface area contributed by atoms with Crippen molar-refractivity contribution in [1.29, 1.82) is 0 Å². The predicted octanol–water partition coefficient (Wildman–Crippen LogP) is 3.53. The lowest BCUT2D eigenvalue weighted by molar-refractivity contribution is 0.134. The number of hydrogen-bond acceptors (Lipinski definition) is 4. The summed E-state index contributed by atoms with van der Waals surface area (Å²) in [6.45, 7) is 0.663. The van der Waals surface area contributed by atoms with Gasteiger partial charge in [0.2, 0.25) is 0 Å². The minimum atomic E-state index is -0.535. The molecule has 116 valence electrons. The summed E-state index contributed by atoms with van der Waals surface area (Å²) in [6, 6.07) is 13.2. The van der Waals surface area contributed by atoms with Crippen LogP contribution in [0.25, 0.3) is 0 Å². The van der Waals surface area contributed by atoms with E-state index in [1.807, 2.05) is 42.5 Å². The predicted molar refractivity (Wildman–Crippen MR) is 100 cm³/mol. The fourth-order valence-electron chi connectivity index (χ4n) is 1.70. The summed E-state index contributed by atoms with van der Waals surface area (Å²) in [7, 11) is 0. The Bertz CT molecular complexity index is 627. The Hall–Kier alpha value is -1.07. The Morgan fingerprint density at radius 3 is 2.36 bits per heavy atom. The first-order valence-corrected chi connectivity index (χ1v) is 8.58. The van der Waals surface area contributed by atoms with Crippen LogP contribution in [0.15, 0.2) is 42.5 Å². The molecule has 0 aromatic heterocycles. The first kappa shape index (κ1) is 17.3. The lowest BCUT2D eigenvalue weighted by atomic mass is 10.2. The van der Waals surface area contributed by atoms with Gasteiger partial charge in [0.25, 0.3) is 0 Å². The van der Waals surface area contributed by atoms with Crippen molar-refractivity contribution in [3.05, 3.63) is 60.7 Å². The van der Waals surface area contributed by atoms with Crippen LogP contribution >= 0.6 is 45.2 Å². The van der Waals surface area contributed by atoms with Gasteiger partial charge in [0.05, 0.1) is 7.14 Å². The molecule has 0 aliphatic rings. The number of carbonyl (C=O) groups is 1. The number of hydrazine groups is 1. The topological polar surface area (TPSA) is 70.6 Å². The van der Waals surface area contributed by atoms with E-state index in [1.54, 1.807) is 0 Å². The zero-order valence-electron chi connectivity index (χ0n) is 11.5. The number of phenols is 1. The third-order valence-corrected chi connectivity index (χ3v) is 4.42. The van der Waals surface area contributed by atoms with Crippen LogP contribution in [0.5, 0.6) is 5.75 Å². The molecule has 0 spiro atoms. The maximum absolute atomic E-state index is 11.6. The molecule has 1 amide bonds. The van der Waals surface area contributed by atoms with E-state index in [0.29, 0.717) is 6.54 Å². The van der Waals surface area contributed by atoms with Gasteiger partial charge in [0.15, 0.2) is 0 Å². The zero-order chi connectivity index (χ0) is 15.9. The van der Waals surface area contributed by atoms with Crippen LogP contribution in [0, 0.1) is 7.14 Å². The van der Waals surface area contributed by atoms with Crippen LogP contribution < -0.4 is 10.9 Å². The maximum Gasteiger partial charge on any atom is 0.421 e. The summed E-state index contributed by atoms with van der Waals surface area (Å²) < 4.78 is 6.62. The lowest BCUT2D eigenvalue weighted by Gasteiger charge is -2.10. The molecule has 2 aromatic carbocycles. The van der Waals surface area contributed by atoms with Crippen molar-refractivity contribution in [1.82, 2.24) is 10.9 Å². The Morgan fingerprint density at radius 2 is 1.73 bits per heavy atom. The lowest BCUT2D eigenvalue weighted by Crippen LogP contribution is -2.37. The molecule has 0 fully saturated rings. The number of carbonyl (C=O) groups excluding carboxylic acids is 1. The Labute approximate surface area is 155 Å². The molecule has 0 heterocycles. The van der Waals surface area contributed by atoms with Crippen molar-refractivity contribution in [2.24, 2.45) is 0 Å². The van der Waals surface area contributed by atoms with Crippen LogP contribution in [0.3, 0.4) is 0 Å². The fraction of sp³-hybridized carbons (Fsp3) is 0.133. The molecule has 0 saturated carbocycles. The van der Waals surface area contributed by atoms with Gasteiger partial charge in [0, 0.05) is 6.54 Å². The van der Waals surface area contributed by atoms with E-state index in [4.69, 9.17) is 4.74 Å². The third kappa shape index (κ3) is 5.29. The van der Waals surface area contributed by atoms with Crippen LogP contribution in [0.1, 0.15) is 11.1 Å². The van der Waals surface area contributed by atoms with Gasteiger partial charge in [-0.15, -0.1) is 0 Å². The number of hydrogen-bond donors (Lipinski definition) is 3. The molecular formula is C15H14I2N2O3. The van der Waals surface area contributed by atoms with Crippen molar-refractivity contribution in [2.75, 3.05) is 0 Å². The number of halogens is 2. The minimum Gasteiger partial charge on any atom is -0.506 e. The molecule has 0 aliphatic carbocycles. The molecule has 7 heteroatoms. The van der Waals surface area contributed by atoms with Crippen molar-refractivity contribution in [2.45, 2.75) is 13.2 Å². The first-order valence-electron chi connectivity index (χ1n) is 6.42. The van der Waals surface area contributed by atoms with Crippen molar-refractivity contribution in [3.63, 3.8) is 0 Å². The average Bonchev–Trinajstić information content (AvgIpc) is 2.51. The van der Waals surface area contributed by atoms with Gasteiger partial charge >= 0.3 is 6.09 Å². The van der Waals surface area contributed by atoms with Crippen LogP contribution in [-0.2, 0) is 17.9 Å². The molecule has 0 unspecified atom stereocenters. The Kier molecular flexibility index (Phi) is 6.70. The van der Waals surface area contributed by atoms with Crippen molar-refractivity contribution >= 4 is 51.3 Å². The van der Waals surface area contributed by atoms with E-state index in [0.717, 1.165) is 18.3 Å². The number of amides is 1. The van der Waals surface area contributed by atoms with E-state index in [2.05, 4.69) is 56.0 Å². The van der Waals surface area contributed by atoms with E-state index >= 15 is 0 Å². The standard InChI is InChI=1S/C15H14I2N2O3/c16-12-6-11(7-13(17)14(12)20)8-18-19-15(21)22-9-10-4-2-1-3-5-10/h1-7,18,20H,8-9H2,(H,19,21). The third-order valence-electron chi connectivity index (χ3n) is 2.77. The molecule has 22 heavy (non-hydrogen) atoms. The highest BCUT2D eigenvalue weighted by Gasteiger charge is 2.06. The molecule has 0 atom stereocenters. The van der Waals surface area contributed by atoms with Gasteiger partial charge in [-0.2, -0.15) is 0 Å². The summed E-state index contributed by atoms with van der Waals surface area (Å²) >= 11 is 4.13. The highest BCUT2D eigenvalue weighted by molar-refractivity contribution is 14.1. The van der Waals surface area contributed by atoms with Crippen LogP contribution in [0.4, 0.5) is 4.79 Å². The summed E-state index contributed by atoms with van der Waals surface area (Å²) in [6.07, 6.45) is -0.535. The maximum atomic E-state index is 11.6. The second-order valence-corrected chi connectivity index (χ2v) is 6.77. The Morgan fingerprint density at radius 1 is 1.09 bits per heavy atom. The first-order chi connectivity index (χ1) is 10.6. The number of benzene rings is 2. The summed E-state index contributed by atoms with van der Waals surface area (Å²) in [5.74, 6) is 0.278. The molecular weight excluding hydrogens is 510 g/mol. The number of phenolic OH excluding ortho intramolecular Hbond substituents is 1. The molecule has 3 N–H and O–H groups in total. The van der Waals surface area contributed by atoms with E-state index in [1.165, 1.54) is 0 Å². The molecule has 0 aliphatic heterocycles. The molecule has 2 aromatic rings. The van der Waals surface area contributed by atoms with Crippen LogP contribution in [0.2, 0.25) is 0 Å². The van der Waals surface area contributed by atoms with Gasteiger partial charge in [-0.3, -0.25) is 5.43 Å². The summed E-state index contributed by atoms with van der Waals surface area (Å²) in [5, 5.41) is 9.70. The number of rotatable bonds is 5. The van der Waals surface area contributed by atoms with Gasteiger partial charge in [-0.05, 0) is 68.4 Å². The second-order valence-electron chi connectivity index (χ2n) is 4.45. The SMILES string of the molecule is O=C(NNCc1cc(I)c(O)c(I)c1)OCc1ccccc1. The number of aromatic hydroxyl groups is 1. The molecule has 2 rings (SSSR count). The van der Waals surface area contributed by atoms with E-state index in [9.17, 15) is 9.90 Å². The molecule has 0 saturated heterocycles. The largest absolute Gasteiger partial charge is 0.506 e. The monoisotopic (exact) mass is 524 g/mol. The normalized spacial score (nSPS) is 10.3. The van der Waals surface area contributed by atoms with Gasteiger partial charge < -0.3 is 9.84 Å². The number of nitrogens with one attached hydrogen (secondary N) is 2. The van der Waals surface area contributed by atoms with Gasteiger partial charge in [-0.25, -0.2) is 10.2 Å². The summed E-state index contributed by atoms with van der Waals surface area (Å²) in [4.78, 5) is 11.6. The smallest absolute Gasteiger partial charge is 0.421 e. The fourth-order valence-corrected chi connectivity index (χ4v) is 3.59. The van der Waals surface area contributed by atoms with Crippen molar-refractivity contribution < 1.29 is 14.6 Å². The summed E-state index contributed by atoms with van der Waals surface area (Å²) in [5.41, 5.74) is 7.16. The molecule has 5 nitrogen and oxygen atoms in total. The number of ether oxygens (including phenoxy) is 1. The molecule has 0 radical (unpaired) electrons. The van der Waals surface area contributed by atoms with E-state index < -0.39 is 6.09 Å². The zero-order valence-corrected chi connectivity index (χ0v) is 15.8. The average molecular weight is 524 g/mol. The highest BCUT2D eigenvalue weighted by Crippen LogP contribution is 2.27. The quantitative estimate of drug-likeness (QED) is 0.414. The molecule has 0 bridgehead atoms. The van der Waals surface area contributed by atoms with Crippen LogP contribution in [-0.4, -0.2) is 11.2 Å². The Balaban J connectivity index is 1.75. The van der Waals surface area contributed by atoms with Gasteiger partial charge in [0.1, 0.15) is 12.4 Å². The van der Waals surface area contributed by atoms with Gasteiger partial charge in [-0.1, -0.05) is 30.3 Å². The second kappa shape index (κ2) is 8.53.